The molecule has 6 heteroatoms. The van der Waals surface area contributed by atoms with Gasteiger partial charge >= 0.3 is 0 Å². The van der Waals surface area contributed by atoms with Crippen molar-refractivity contribution in [2.75, 3.05) is 57.8 Å². The average Bonchev–Trinajstić information content (AvgIpc) is 3.12. The Balaban J connectivity index is 0.00000208. The largest absolute Gasteiger partial charge is 0.371 e. The highest BCUT2D eigenvalue weighted by Gasteiger charge is 2.18. The fraction of sp³-hybridized carbons (Fsp3) is 0.700. The zero-order chi connectivity index (χ0) is 16.1. The predicted molar refractivity (Wildman–Crippen MR) is 121 cm³/mol. The Morgan fingerprint density at radius 1 is 0.923 bits per heavy atom. The second-order valence-corrected chi connectivity index (χ2v) is 7.30. The maximum absolute atomic E-state index is 2.61. The summed E-state index contributed by atoms with van der Waals surface area (Å²) >= 11 is 0. The quantitative estimate of drug-likeness (QED) is 0.656. The van der Waals surface area contributed by atoms with Gasteiger partial charge in [-0.3, -0.25) is 4.90 Å². The Hall–Kier alpha value is -0.190. The summed E-state index contributed by atoms with van der Waals surface area (Å²) in [5.74, 6) is 0.824. The molecular weight excluding hydrogens is 389 g/mol. The van der Waals surface area contributed by atoms with Gasteiger partial charge in [0.1, 0.15) is 0 Å². The molecule has 0 atom stereocenters. The first-order valence-corrected chi connectivity index (χ1v) is 9.52. The number of hydrogen-bond donors (Lipinski definition) is 0. The first kappa shape index (κ1) is 25.8. The summed E-state index contributed by atoms with van der Waals surface area (Å²) < 4.78 is 0. The summed E-state index contributed by atoms with van der Waals surface area (Å²) in [6.45, 7) is 10.5. The minimum Gasteiger partial charge on any atom is -0.371 e. The molecule has 0 unspecified atom stereocenters. The zero-order valence-corrected chi connectivity index (χ0v) is 18.7. The number of halogens is 3. The van der Waals surface area contributed by atoms with Crippen LogP contribution >= 0.6 is 37.2 Å². The van der Waals surface area contributed by atoms with E-state index >= 15 is 0 Å². The minimum atomic E-state index is 0. The van der Waals surface area contributed by atoms with E-state index < -0.39 is 0 Å². The van der Waals surface area contributed by atoms with E-state index in [0.717, 1.165) is 19.0 Å². The van der Waals surface area contributed by atoms with Crippen molar-refractivity contribution in [3.8, 4) is 0 Å². The second kappa shape index (κ2) is 13.1. The SMILES string of the molecule is CCN(CCN1CCN(C)CC1)c1ccc(C2CCCC2)cc1.Cl.Cl.Cl. The predicted octanol–water partition coefficient (Wildman–Crippen LogP) is 4.68. The van der Waals surface area contributed by atoms with Crippen LogP contribution in [-0.4, -0.2) is 62.7 Å². The Morgan fingerprint density at radius 3 is 2.04 bits per heavy atom. The van der Waals surface area contributed by atoms with Gasteiger partial charge in [0.2, 0.25) is 0 Å². The maximum Gasteiger partial charge on any atom is 0.0366 e. The van der Waals surface area contributed by atoms with E-state index in [4.69, 9.17) is 0 Å². The molecule has 0 spiro atoms. The van der Waals surface area contributed by atoms with Crippen molar-refractivity contribution >= 4 is 42.9 Å². The monoisotopic (exact) mass is 423 g/mol. The molecule has 3 nitrogen and oxygen atoms in total. The lowest BCUT2D eigenvalue weighted by molar-refractivity contribution is 0.157. The van der Waals surface area contributed by atoms with E-state index in [2.05, 4.69) is 52.9 Å². The highest BCUT2D eigenvalue weighted by atomic mass is 35.5. The summed E-state index contributed by atoms with van der Waals surface area (Å²) in [6, 6.07) is 9.45. The number of benzene rings is 1. The number of likely N-dealkylation sites (N-methyl/N-ethyl adjacent to an activating group) is 2. The van der Waals surface area contributed by atoms with Crippen LogP contribution in [0.1, 0.15) is 44.1 Å². The van der Waals surface area contributed by atoms with E-state index in [9.17, 15) is 0 Å². The maximum atomic E-state index is 2.61. The van der Waals surface area contributed by atoms with Crippen LogP contribution in [0.4, 0.5) is 5.69 Å². The number of piperazine rings is 1. The third-order valence-corrected chi connectivity index (χ3v) is 5.75. The van der Waals surface area contributed by atoms with Crippen LogP contribution in [-0.2, 0) is 0 Å². The summed E-state index contributed by atoms with van der Waals surface area (Å²) in [5.41, 5.74) is 2.95. The first-order valence-electron chi connectivity index (χ1n) is 9.52. The van der Waals surface area contributed by atoms with Gasteiger partial charge in [-0.25, -0.2) is 0 Å². The highest BCUT2D eigenvalue weighted by molar-refractivity contribution is 5.86. The van der Waals surface area contributed by atoms with E-state index in [1.54, 1.807) is 5.56 Å². The van der Waals surface area contributed by atoms with Gasteiger partial charge in [0.05, 0.1) is 0 Å². The number of nitrogens with zero attached hydrogens (tertiary/aromatic N) is 3. The molecule has 152 valence electrons. The van der Waals surface area contributed by atoms with Gasteiger partial charge in [0, 0.05) is 51.5 Å². The van der Waals surface area contributed by atoms with Crippen LogP contribution in [0.2, 0.25) is 0 Å². The van der Waals surface area contributed by atoms with E-state index in [1.807, 2.05) is 0 Å². The van der Waals surface area contributed by atoms with Crippen molar-refractivity contribution in [2.24, 2.45) is 0 Å². The molecule has 2 fully saturated rings. The second-order valence-electron chi connectivity index (χ2n) is 7.30. The molecule has 2 aliphatic rings. The van der Waals surface area contributed by atoms with Gasteiger partial charge in [0.15, 0.2) is 0 Å². The molecule has 3 rings (SSSR count). The third-order valence-electron chi connectivity index (χ3n) is 5.75. The van der Waals surface area contributed by atoms with Gasteiger partial charge in [0.25, 0.3) is 0 Å². The third kappa shape index (κ3) is 7.09. The summed E-state index contributed by atoms with van der Waals surface area (Å²) in [6.07, 6.45) is 5.61. The summed E-state index contributed by atoms with van der Waals surface area (Å²) in [5, 5.41) is 0. The molecule has 26 heavy (non-hydrogen) atoms. The summed E-state index contributed by atoms with van der Waals surface area (Å²) in [4.78, 5) is 7.56. The molecule has 1 heterocycles. The molecule has 0 N–H and O–H groups in total. The Kier molecular flexibility index (Phi) is 13.0. The molecule has 0 radical (unpaired) electrons. The van der Waals surface area contributed by atoms with Crippen LogP contribution in [0.25, 0.3) is 0 Å². The topological polar surface area (TPSA) is 9.72 Å². The Labute approximate surface area is 178 Å². The van der Waals surface area contributed by atoms with Gasteiger partial charge in [-0.1, -0.05) is 25.0 Å². The molecule has 0 aromatic heterocycles. The average molecular weight is 425 g/mol. The zero-order valence-electron chi connectivity index (χ0n) is 16.2. The molecule has 1 saturated heterocycles. The molecule has 0 bridgehead atoms. The highest BCUT2D eigenvalue weighted by Crippen LogP contribution is 2.34. The number of anilines is 1. The summed E-state index contributed by atoms with van der Waals surface area (Å²) in [7, 11) is 2.22. The van der Waals surface area contributed by atoms with Crippen molar-refractivity contribution in [1.82, 2.24) is 9.80 Å². The normalized spacial score (nSPS) is 18.5. The van der Waals surface area contributed by atoms with Crippen molar-refractivity contribution in [3.05, 3.63) is 29.8 Å². The van der Waals surface area contributed by atoms with Crippen LogP contribution in [0.5, 0.6) is 0 Å². The van der Waals surface area contributed by atoms with Crippen molar-refractivity contribution in [3.63, 3.8) is 0 Å². The lowest BCUT2D eigenvalue weighted by Crippen LogP contribution is -2.47. The van der Waals surface area contributed by atoms with E-state index in [0.29, 0.717) is 0 Å². The van der Waals surface area contributed by atoms with Crippen LogP contribution < -0.4 is 4.90 Å². The van der Waals surface area contributed by atoms with Crippen molar-refractivity contribution < 1.29 is 0 Å². The Morgan fingerprint density at radius 2 is 1.50 bits per heavy atom. The van der Waals surface area contributed by atoms with Crippen molar-refractivity contribution in [1.29, 1.82) is 0 Å². The molecular formula is C20H36Cl3N3. The lowest BCUT2D eigenvalue weighted by atomic mass is 9.97. The standard InChI is InChI=1S/C20H33N3.3ClH/c1-3-23(17-16-22-14-12-21(2)13-15-22)20-10-8-19(9-11-20)18-6-4-5-7-18;;;/h8-11,18H,3-7,12-17H2,1-2H3;3*1H. The lowest BCUT2D eigenvalue weighted by Gasteiger charge is -2.34. The molecule has 1 saturated carbocycles. The van der Waals surface area contributed by atoms with Gasteiger partial charge in [-0.05, 0) is 50.4 Å². The number of hydrogen-bond acceptors (Lipinski definition) is 3. The van der Waals surface area contributed by atoms with Crippen molar-refractivity contribution in [2.45, 2.75) is 38.5 Å². The molecule has 0 amide bonds. The molecule has 1 aromatic rings. The van der Waals surface area contributed by atoms with Crippen LogP contribution in [0.15, 0.2) is 24.3 Å². The minimum absolute atomic E-state index is 0. The van der Waals surface area contributed by atoms with Crippen LogP contribution in [0.3, 0.4) is 0 Å². The van der Waals surface area contributed by atoms with E-state index in [1.165, 1.54) is 64.1 Å². The fourth-order valence-corrected chi connectivity index (χ4v) is 4.02. The Bertz CT molecular complexity index is 470. The molecule has 1 aliphatic heterocycles. The molecule has 1 aliphatic carbocycles. The first-order chi connectivity index (χ1) is 11.3. The van der Waals surface area contributed by atoms with E-state index in [-0.39, 0.29) is 37.2 Å². The molecule has 1 aromatic carbocycles. The van der Waals surface area contributed by atoms with Crippen LogP contribution in [0, 0.1) is 0 Å². The van der Waals surface area contributed by atoms with Gasteiger partial charge < -0.3 is 9.80 Å². The fourth-order valence-electron chi connectivity index (χ4n) is 4.02. The smallest absolute Gasteiger partial charge is 0.0366 e. The van der Waals surface area contributed by atoms with Gasteiger partial charge in [-0.2, -0.15) is 0 Å². The van der Waals surface area contributed by atoms with Gasteiger partial charge in [-0.15, -0.1) is 37.2 Å². The number of rotatable bonds is 6.